The van der Waals surface area contributed by atoms with Crippen LogP contribution >= 0.6 is 0 Å². The lowest BCUT2D eigenvalue weighted by molar-refractivity contribution is -0.138. The van der Waals surface area contributed by atoms with Crippen molar-refractivity contribution in [3.63, 3.8) is 0 Å². The molecule has 0 aliphatic carbocycles. The summed E-state index contributed by atoms with van der Waals surface area (Å²) in [6.07, 6.45) is 5.89. The van der Waals surface area contributed by atoms with Crippen molar-refractivity contribution in [1.82, 2.24) is 10.2 Å². The number of aliphatic carboxylic acids is 1. The summed E-state index contributed by atoms with van der Waals surface area (Å²) in [6, 6.07) is 0.790. The Balaban J connectivity index is 1.95. The van der Waals surface area contributed by atoms with Gasteiger partial charge in [0, 0.05) is 24.5 Å². The van der Waals surface area contributed by atoms with Crippen LogP contribution in [-0.2, 0) is 4.79 Å². The van der Waals surface area contributed by atoms with Gasteiger partial charge in [0.25, 0.3) is 0 Å². The average molecular weight is 282 g/mol. The number of piperidine rings is 1. The van der Waals surface area contributed by atoms with Gasteiger partial charge in [-0.05, 0) is 44.4 Å². The van der Waals surface area contributed by atoms with Crippen molar-refractivity contribution in [1.29, 1.82) is 0 Å². The lowest BCUT2D eigenvalue weighted by Gasteiger charge is -2.39. The summed E-state index contributed by atoms with van der Waals surface area (Å²) in [5.74, 6) is -0.480. The van der Waals surface area contributed by atoms with Crippen LogP contribution < -0.4 is 5.32 Å². The standard InChI is InChI=1S/C15H26N2O3/c1-3-11(4-2)16-15(20)17-12-5-6-13(17)8-10(7-12)9-14(18)19/h10-13H,3-9H2,1-2H3,(H,16,20)(H,18,19). The van der Waals surface area contributed by atoms with Crippen LogP contribution in [0, 0.1) is 5.92 Å². The molecule has 0 aromatic heterocycles. The second-order valence-electron chi connectivity index (χ2n) is 6.19. The molecular formula is C15H26N2O3. The summed E-state index contributed by atoms with van der Waals surface area (Å²) in [5, 5.41) is 12.0. The fourth-order valence-corrected chi connectivity index (χ4v) is 3.78. The lowest BCUT2D eigenvalue weighted by Crippen LogP contribution is -2.53. The summed E-state index contributed by atoms with van der Waals surface area (Å²) in [7, 11) is 0. The lowest BCUT2D eigenvalue weighted by atomic mass is 9.88. The van der Waals surface area contributed by atoms with Crippen molar-refractivity contribution in [2.24, 2.45) is 5.92 Å². The van der Waals surface area contributed by atoms with Crippen LogP contribution in [0.4, 0.5) is 4.79 Å². The van der Waals surface area contributed by atoms with Crippen LogP contribution in [0.25, 0.3) is 0 Å². The number of carboxylic acids is 1. The fourth-order valence-electron chi connectivity index (χ4n) is 3.78. The van der Waals surface area contributed by atoms with Gasteiger partial charge in [0.15, 0.2) is 0 Å². The molecule has 5 nitrogen and oxygen atoms in total. The largest absolute Gasteiger partial charge is 0.481 e. The van der Waals surface area contributed by atoms with Crippen LogP contribution in [0.3, 0.4) is 0 Å². The van der Waals surface area contributed by atoms with Gasteiger partial charge in [0.1, 0.15) is 0 Å². The Morgan fingerprint density at radius 1 is 1.20 bits per heavy atom. The topological polar surface area (TPSA) is 69.6 Å². The highest BCUT2D eigenvalue weighted by molar-refractivity contribution is 5.76. The Labute approximate surface area is 120 Å². The number of carbonyl (C=O) groups is 2. The smallest absolute Gasteiger partial charge is 0.318 e. The maximum absolute atomic E-state index is 12.4. The minimum Gasteiger partial charge on any atom is -0.481 e. The highest BCUT2D eigenvalue weighted by atomic mass is 16.4. The van der Waals surface area contributed by atoms with Crippen molar-refractivity contribution in [2.45, 2.75) is 76.9 Å². The van der Waals surface area contributed by atoms with Crippen LogP contribution in [-0.4, -0.2) is 40.1 Å². The first-order valence-electron chi connectivity index (χ1n) is 7.85. The molecule has 2 saturated heterocycles. The third kappa shape index (κ3) is 3.25. The number of rotatable bonds is 5. The van der Waals surface area contributed by atoms with E-state index in [1.165, 1.54) is 0 Å². The molecule has 2 heterocycles. The number of fused-ring (bicyclic) bond motifs is 2. The van der Waals surface area contributed by atoms with Gasteiger partial charge in [-0.1, -0.05) is 13.8 Å². The number of carbonyl (C=O) groups excluding carboxylic acids is 1. The molecule has 2 aliphatic rings. The number of urea groups is 1. The fraction of sp³-hybridized carbons (Fsp3) is 0.867. The minimum atomic E-state index is -0.718. The summed E-state index contributed by atoms with van der Waals surface area (Å²) in [6.45, 7) is 4.17. The van der Waals surface area contributed by atoms with Gasteiger partial charge in [-0.15, -0.1) is 0 Å². The first kappa shape index (κ1) is 15.1. The van der Waals surface area contributed by atoms with Crippen molar-refractivity contribution in [2.75, 3.05) is 0 Å². The molecule has 0 spiro atoms. The Hall–Kier alpha value is -1.26. The van der Waals surface area contributed by atoms with E-state index in [1.54, 1.807) is 0 Å². The quantitative estimate of drug-likeness (QED) is 0.814. The van der Waals surface area contributed by atoms with Crippen molar-refractivity contribution in [3.8, 4) is 0 Å². The van der Waals surface area contributed by atoms with E-state index in [-0.39, 0.29) is 36.5 Å². The first-order valence-corrected chi connectivity index (χ1v) is 7.85. The normalized spacial score (nSPS) is 28.8. The van der Waals surface area contributed by atoms with Crippen LogP contribution in [0.15, 0.2) is 0 Å². The second kappa shape index (κ2) is 6.46. The van der Waals surface area contributed by atoms with Gasteiger partial charge in [0.2, 0.25) is 0 Å². The molecule has 0 aromatic rings. The van der Waals surface area contributed by atoms with Gasteiger partial charge >= 0.3 is 12.0 Å². The number of hydrogen-bond acceptors (Lipinski definition) is 2. The maximum Gasteiger partial charge on any atom is 0.318 e. The predicted octanol–water partition coefficient (Wildman–Crippen LogP) is 2.60. The first-order chi connectivity index (χ1) is 9.55. The molecular weight excluding hydrogens is 256 g/mol. The molecule has 2 amide bonds. The van der Waals surface area contributed by atoms with Gasteiger partial charge in [-0.2, -0.15) is 0 Å². The zero-order valence-corrected chi connectivity index (χ0v) is 12.5. The van der Waals surface area contributed by atoms with E-state index in [2.05, 4.69) is 19.2 Å². The third-order valence-corrected chi connectivity index (χ3v) is 4.84. The van der Waals surface area contributed by atoms with Crippen LogP contribution in [0.2, 0.25) is 0 Å². The van der Waals surface area contributed by atoms with Crippen molar-refractivity contribution in [3.05, 3.63) is 0 Å². The molecule has 2 bridgehead atoms. The van der Waals surface area contributed by atoms with Crippen molar-refractivity contribution >= 4 is 12.0 Å². The monoisotopic (exact) mass is 282 g/mol. The molecule has 20 heavy (non-hydrogen) atoms. The molecule has 2 aliphatic heterocycles. The summed E-state index contributed by atoms with van der Waals surface area (Å²) < 4.78 is 0. The number of nitrogens with zero attached hydrogens (tertiary/aromatic N) is 1. The van der Waals surface area contributed by atoms with Gasteiger partial charge in [0.05, 0.1) is 0 Å². The molecule has 0 saturated carbocycles. The number of amides is 2. The van der Waals surface area contributed by atoms with Crippen molar-refractivity contribution < 1.29 is 14.7 Å². The molecule has 2 N–H and O–H groups in total. The molecule has 114 valence electrons. The van der Waals surface area contributed by atoms with E-state index in [0.29, 0.717) is 0 Å². The van der Waals surface area contributed by atoms with Gasteiger partial charge < -0.3 is 15.3 Å². The van der Waals surface area contributed by atoms with Crippen LogP contribution in [0.1, 0.15) is 58.8 Å². The molecule has 2 rings (SSSR count). The second-order valence-corrected chi connectivity index (χ2v) is 6.19. The van der Waals surface area contributed by atoms with E-state index in [4.69, 9.17) is 5.11 Å². The summed E-state index contributed by atoms with van der Waals surface area (Å²) in [4.78, 5) is 25.3. The zero-order valence-electron chi connectivity index (χ0n) is 12.5. The summed E-state index contributed by atoms with van der Waals surface area (Å²) in [5.41, 5.74) is 0. The highest BCUT2D eigenvalue weighted by Gasteiger charge is 2.43. The SMILES string of the molecule is CCC(CC)NC(=O)N1C2CCC1CC(CC(=O)O)C2. The Morgan fingerprint density at radius 2 is 1.75 bits per heavy atom. The molecule has 0 radical (unpaired) electrons. The van der Waals surface area contributed by atoms with E-state index in [1.807, 2.05) is 4.90 Å². The van der Waals surface area contributed by atoms with E-state index < -0.39 is 5.97 Å². The molecule has 2 atom stereocenters. The third-order valence-electron chi connectivity index (χ3n) is 4.84. The van der Waals surface area contributed by atoms with E-state index >= 15 is 0 Å². The molecule has 0 aromatic carbocycles. The zero-order chi connectivity index (χ0) is 14.7. The average Bonchev–Trinajstić information content (AvgIpc) is 2.67. The Bertz CT molecular complexity index is 354. The van der Waals surface area contributed by atoms with E-state index in [9.17, 15) is 9.59 Å². The van der Waals surface area contributed by atoms with Crippen LogP contribution in [0.5, 0.6) is 0 Å². The van der Waals surface area contributed by atoms with Gasteiger partial charge in [-0.3, -0.25) is 4.79 Å². The maximum atomic E-state index is 12.4. The predicted molar refractivity (Wildman–Crippen MR) is 76.5 cm³/mol. The van der Waals surface area contributed by atoms with E-state index in [0.717, 1.165) is 38.5 Å². The molecule has 2 fully saturated rings. The molecule has 2 unspecified atom stereocenters. The Kier molecular flexibility index (Phi) is 4.89. The Morgan fingerprint density at radius 3 is 2.20 bits per heavy atom. The number of carboxylic acid groups (broad SMARTS) is 1. The molecule has 5 heteroatoms. The van der Waals surface area contributed by atoms with Gasteiger partial charge in [-0.25, -0.2) is 4.79 Å². The number of hydrogen-bond donors (Lipinski definition) is 2. The summed E-state index contributed by atoms with van der Waals surface area (Å²) >= 11 is 0. The highest BCUT2D eigenvalue weighted by Crippen LogP contribution is 2.39. The number of nitrogens with one attached hydrogen (secondary N) is 1. The minimum absolute atomic E-state index is 0.0555.